The molecule has 2 aromatic rings. The van der Waals surface area contributed by atoms with E-state index < -0.39 is 16.2 Å². The quantitative estimate of drug-likeness (QED) is 0.337. The monoisotopic (exact) mass is 436 g/mol. The lowest BCUT2D eigenvalue weighted by molar-refractivity contribution is -0.384. The van der Waals surface area contributed by atoms with Crippen LogP contribution in [0.1, 0.15) is 24.8 Å². The molecule has 2 saturated heterocycles. The zero-order valence-corrected chi connectivity index (χ0v) is 17.4. The van der Waals surface area contributed by atoms with E-state index in [1.54, 1.807) is 30.3 Å². The Labute approximate surface area is 184 Å². The highest BCUT2D eigenvalue weighted by atomic mass is 32.1. The first-order valence-corrected chi connectivity index (χ1v) is 10.6. The average Bonchev–Trinajstić information content (AvgIpc) is 2.78. The van der Waals surface area contributed by atoms with Gasteiger partial charge in [-0.2, -0.15) is 0 Å². The van der Waals surface area contributed by atoms with E-state index in [9.17, 15) is 19.7 Å². The number of nitro benzene ring substituents is 1. The summed E-state index contributed by atoms with van der Waals surface area (Å²) in [7, 11) is 0. The Balaban J connectivity index is 1.68. The van der Waals surface area contributed by atoms with Crippen LogP contribution in [0.5, 0.6) is 0 Å². The maximum absolute atomic E-state index is 14.0. The minimum atomic E-state index is -1.40. The predicted molar refractivity (Wildman–Crippen MR) is 119 cm³/mol. The molecule has 1 spiro atoms. The molecule has 31 heavy (non-hydrogen) atoms. The van der Waals surface area contributed by atoms with Gasteiger partial charge in [-0.3, -0.25) is 24.6 Å². The Bertz CT molecular complexity index is 1120. The van der Waals surface area contributed by atoms with Crippen LogP contribution in [-0.2, 0) is 16.0 Å². The fourth-order valence-electron chi connectivity index (χ4n) is 5.17. The van der Waals surface area contributed by atoms with Crippen molar-refractivity contribution in [1.82, 2.24) is 5.32 Å². The number of carbonyl (C=O) groups is 2. The van der Waals surface area contributed by atoms with Gasteiger partial charge in [-0.15, -0.1) is 0 Å². The van der Waals surface area contributed by atoms with Crippen molar-refractivity contribution in [2.75, 3.05) is 16.3 Å². The van der Waals surface area contributed by atoms with E-state index >= 15 is 0 Å². The van der Waals surface area contributed by atoms with E-state index in [2.05, 4.69) is 10.2 Å². The van der Waals surface area contributed by atoms with E-state index in [0.717, 1.165) is 18.5 Å². The number of benzene rings is 2. The Morgan fingerprint density at radius 1 is 1.13 bits per heavy atom. The predicted octanol–water partition coefficient (Wildman–Crippen LogP) is 2.94. The first-order valence-electron chi connectivity index (χ1n) is 10.2. The summed E-state index contributed by atoms with van der Waals surface area (Å²) in [6.07, 6.45) is 2.62. The lowest BCUT2D eigenvalue weighted by Crippen LogP contribution is -2.72. The number of thiocarbonyl (C=S) groups is 1. The summed E-state index contributed by atoms with van der Waals surface area (Å²) in [5, 5.41) is 14.2. The lowest BCUT2D eigenvalue weighted by Gasteiger charge is -2.54. The molecule has 0 saturated carbocycles. The van der Waals surface area contributed by atoms with Crippen molar-refractivity contribution in [3.63, 3.8) is 0 Å². The van der Waals surface area contributed by atoms with Crippen LogP contribution < -0.4 is 15.1 Å². The Morgan fingerprint density at radius 2 is 1.90 bits per heavy atom. The van der Waals surface area contributed by atoms with Gasteiger partial charge in [-0.25, -0.2) is 0 Å². The smallest absolute Gasteiger partial charge is 0.269 e. The number of hydrogen-bond acceptors (Lipinski definition) is 6. The number of amides is 2. The number of para-hydroxylation sites is 1. The second-order valence-electron chi connectivity index (χ2n) is 8.16. The Morgan fingerprint density at radius 3 is 2.65 bits per heavy atom. The number of piperidine rings is 1. The van der Waals surface area contributed by atoms with Crippen LogP contribution in [0.25, 0.3) is 0 Å². The molecule has 0 bridgehead atoms. The fraction of sp³-hybridized carbons (Fsp3) is 0.318. The number of hydrogen-bond donors (Lipinski definition) is 1. The third-order valence-electron chi connectivity index (χ3n) is 6.55. The topological polar surface area (TPSA) is 95.8 Å². The molecule has 2 aromatic carbocycles. The van der Waals surface area contributed by atoms with Crippen molar-refractivity contribution < 1.29 is 14.5 Å². The lowest BCUT2D eigenvalue weighted by atomic mass is 9.66. The molecule has 3 aliphatic heterocycles. The first-order chi connectivity index (χ1) is 14.9. The molecule has 2 atom stereocenters. The zero-order valence-electron chi connectivity index (χ0n) is 16.6. The highest BCUT2D eigenvalue weighted by Gasteiger charge is 2.61. The van der Waals surface area contributed by atoms with Crippen LogP contribution in [0.15, 0.2) is 48.5 Å². The van der Waals surface area contributed by atoms with Gasteiger partial charge in [0.25, 0.3) is 11.6 Å². The highest BCUT2D eigenvalue weighted by molar-refractivity contribution is 7.80. The Hall–Kier alpha value is -3.33. The minimum absolute atomic E-state index is 0.0523. The van der Waals surface area contributed by atoms with Crippen molar-refractivity contribution in [3.8, 4) is 0 Å². The van der Waals surface area contributed by atoms with Crippen LogP contribution in [0.3, 0.4) is 0 Å². The van der Waals surface area contributed by atoms with Gasteiger partial charge in [0.15, 0.2) is 10.5 Å². The summed E-state index contributed by atoms with van der Waals surface area (Å²) >= 11 is 5.37. The van der Waals surface area contributed by atoms with Gasteiger partial charge in [0, 0.05) is 30.8 Å². The van der Waals surface area contributed by atoms with Crippen molar-refractivity contribution in [2.45, 2.75) is 31.7 Å². The summed E-state index contributed by atoms with van der Waals surface area (Å²) < 4.78 is 0. The molecule has 0 aromatic heterocycles. The van der Waals surface area contributed by atoms with Gasteiger partial charge in [0.05, 0.1) is 16.7 Å². The van der Waals surface area contributed by atoms with E-state index in [0.29, 0.717) is 24.2 Å². The molecule has 0 aliphatic carbocycles. The number of nitro groups is 1. The van der Waals surface area contributed by atoms with Crippen molar-refractivity contribution in [3.05, 3.63) is 64.2 Å². The number of carbonyl (C=O) groups excluding carboxylic acids is 2. The molecule has 3 heterocycles. The highest BCUT2D eigenvalue weighted by Crippen LogP contribution is 2.48. The summed E-state index contributed by atoms with van der Waals surface area (Å²) in [4.78, 5) is 41.9. The fourth-order valence-corrected chi connectivity index (χ4v) is 5.45. The molecular formula is C22H20N4O4S. The summed E-state index contributed by atoms with van der Waals surface area (Å²) in [6.45, 7) is 0.688. The van der Waals surface area contributed by atoms with Gasteiger partial charge in [-0.1, -0.05) is 18.2 Å². The number of non-ortho nitro benzene ring substituents is 1. The standard InChI is InChI=1S/C22H20N4O4S/c27-19-22(20(28)25(21(31)23-19)15-6-2-1-3-7-15)13-14-12-16(26(29)30)9-10-17(14)24-11-5-4-8-18(22)24/h1-3,6-7,9-10,12,18H,4-5,8,11,13H2,(H,23,27,31)/t18-,22+/m0/s1. The molecule has 0 radical (unpaired) electrons. The van der Waals surface area contributed by atoms with Crippen LogP contribution in [0.4, 0.5) is 17.1 Å². The maximum atomic E-state index is 14.0. The molecule has 2 fully saturated rings. The Kier molecular flexibility index (Phi) is 4.51. The number of nitrogens with zero attached hydrogens (tertiary/aromatic N) is 3. The van der Waals surface area contributed by atoms with Gasteiger partial charge in [0.2, 0.25) is 5.91 Å². The normalized spacial score (nSPS) is 25.2. The van der Waals surface area contributed by atoms with Gasteiger partial charge >= 0.3 is 0 Å². The summed E-state index contributed by atoms with van der Waals surface area (Å²) in [5.41, 5.74) is 0.631. The van der Waals surface area contributed by atoms with Crippen LogP contribution in [0.2, 0.25) is 0 Å². The van der Waals surface area contributed by atoms with Gasteiger partial charge < -0.3 is 10.2 Å². The van der Waals surface area contributed by atoms with Crippen molar-refractivity contribution in [2.24, 2.45) is 5.41 Å². The van der Waals surface area contributed by atoms with E-state index in [-0.39, 0.29) is 29.2 Å². The van der Waals surface area contributed by atoms with E-state index in [4.69, 9.17) is 12.2 Å². The van der Waals surface area contributed by atoms with Crippen LogP contribution >= 0.6 is 12.2 Å². The summed E-state index contributed by atoms with van der Waals surface area (Å²) in [6, 6.07) is 13.4. The molecule has 0 unspecified atom stereocenters. The van der Waals surface area contributed by atoms with Crippen LogP contribution in [-0.4, -0.2) is 34.4 Å². The molecule has 8 nitrogen and oxygen atoms in total. The average molecular weight is 436 g/mol. The first kappa shape index (κ1) is 19.6. The third-order valence-corrected chi connectivity index (χ3v) is 6.84. The number of fused-ring (bicyclic) bond motifs is 4. The van der Waals surface area contributed by atoms with Crippen molar-refractivity contribution >= 4 is 46.2 Å². The molecule has 2 amide bonds. The largest absolute Gasteiger partial charge is 0.367 e. The second-order valence-corrected chi connectivity index (χ2v) is 8.55. The molecular weight excluding hydrogens is 416 g/mol. The summed E-state index contributed by atoms with van der Waals surface area (Å²) in [5.74, 6) is -0.801. The van der Waals surface area contributed by atoms with Gasteiger partial charge in [-0.05, 0) is 55.2 Å². The van der Waals surface area contributed by atoms with E-state index in [1.807, 2.05) is 6.07 Å². The minimum Gasteiger partial charge on any atom is -0.367 e. The number of anilines is 2. The van der Waals surface area contributed by atoms with Crippen molar-refractivity contribution in [1.29, 1.82) is 0 Å². The zero-order chi connectivity index (χ0) is 21.8. The maximum Gasteiger partial charge on any atom is 0.269 e. The number of rotatable bonds is 2. The molecule has 158 valence electrons. The molecule has 9 heteroatoms. The van der Waals surface area contributed by atoms with Gasteiger partial charge in [0.1, 0.15) is 0 Å². The third kappa shape index (κ3) is 2.83. The number of nitrogens with one attached hydrogen (secondary N) is 1. The molecule has 1 N–H and O–H groups in total. The van der Waals surface area contributed by atoms with E-state index in [1.165, 1.54) is 17.0 Å². The van der Waals surface area contributed by atoms with Crippen LogP contribution in [0, 0.1) is 15.5 Å². The molecule has 5 rings (SSSR count). The molecule has 3 aliphatic rings. The second kappa shape index (κ2) is 7.12. The SMILES string of the molecule is O=C1NC(=S)N(c2ccccc2)C(=O)[C@@]12Cc1cc([N+](=O)[O-])ccc1N1CCCC[C@H]12.